The minimum Gasteiger partial charge on any atom is -0.462 e. The molecule has 33 heavy (non-hydrogen) atoms. The zero-order valence-corrected chi connectivity index (χ0v) is 18.8. The molecule has 1 aliphatic rings. The number of benzene rings is 2. The van der Waals surface area contributed by atoms with Gasteiger partial charge in [0.05, 0.1) is 23.6 Å². The molecule has 0 saturated carbocycles. The summed E-state index contributed by atoms with van der Waals surface area (Å²) in [5, 5.41) is 9.74. The molecule has 0 atom stereocenters. The predicted octanol–water partition coefficient (Wildman–Crippen LogP) is 5.29. The topological polar surface area (TPSA) is 73.4 Å². The standard InChI is InChI=1S/C26H22N4O2S/c27-18-19-9-11-21(12-10-19)29-13-5-14-30(16-15-29)26(31)24-23(20-6-2-1-3-7-20)28-25(33-24)22-8-4-17-32-22/h1-4,6-12,17H,5,13-16H2. The normalized spacial score (nSPS) is 14.0. The first kappa shape index (κ1) is 21.0. The smallest absolute Gasteiger partial charge is 0.266 e. The Morgan fingerprint density at radius 2 is 1.79 bits per heavy atom. The first-order chi connectivity index (χ1) is 16.2. The van der Waals surface area contributed by atoms with Crippen LogP contribution in [0, 0.1) is 11.3 Å². The van der Waals surface area contributed by atoms with E-state index in [1.165, 1.54) is 11.3 Å². The Morgan fingerprint density at radius 3 is 2.52 bits per heavy atom. The molecule has 164 valence electrons. The van der Waals surface area contributed by atoms with Crippen LogP contribution in [0.3, 0.4) is 0 Å². The number of carbonyl (C=O) groups excluding carboxylic acids is 1. The molecule has 1 saturated heterocycles. The summed E-state index contributed by atoms with van der Waals surface area (Å²) in [6, 6.07) is 23.3. The highest BCUT2D eigenvalue weighted by Crippen LogP contribution is 2.35. The molecule has 0 unspecified atom stereocenters. The highest BCUT2D eigenvalue weighted by molar-refractivity contribution is 7.17. The van der Waals surface area contributed by atoms with Crippen molar-refractivity contribution in [2.24, 2.45) is 0 Å². The summed E-state index contributed by atoms with van der Waals surface area (Å²) in [4.78, 5) is 23.3. The summed E-state index contributed by atoms with van der Waals surface area (Å²) in [6.07, 6.45) is 2.49. The van der Waals surface area contributed by atoms with Crippen LogP contribution < -0.4 is 4.90 Å². The first-order valence-electron chi connectivity index (χ1n) is 10.9. The van der Waals surface area contributed by atoms with Crippen LogP contribution >= 0.6 is 11.3 Å². The summed E-state index contributed by atoms with van der Waals surface area (Å²) < 4.78 is 5.54. The molecule has 0 spiro atoms. The van der Waals surface area contributed by atoms with Crippen LogP contribution in [0.4, 0.5) is 5.69 Å². The summed E-state index contributed by atoms with van der Waals surface area (Å²) >= 11 is 1.38. The number of nitrogens with zero attached hydrogens (tertiary/aromatic N) is 4. The minimum absolute atomic E-state index is 0.00541. The summed E-state index contributed by atoms with van der Waals surface area (Å²) in [6.45, 7) is 2.92. The van der Waals surface area contributed by atoms with Crippen LogP contribution in [0.25, 0.3) is 22.0 Å². The zero-order valence-electron chi connectivity index (χ0n) is 18.0. The van der Waals surface area contributed by atoms with Gasteiger partial charge in [0.15, 0.2) is 10.8 Å². The number of hydrogen-bond donors (Lipinski definition) is 0. The average molecular weight is 455 g/mol. The third-order valence-corrected chi connectivity index (χ3v) is 6.80. The second-order valence-electron chi connectivity index (χ2n) is 7.83. The minimum atomic E-state index is 0.00541. The Morgan fingerprint density at radius 1 is 0.970 bits per heavy atom. The number of anilines is 1. The highest BCUT2D eigenvalue weighted by Gasteiger charge is 2.27. The van der Waals surface area contributed by atoms with Gasteiger partial charge in [-0.2, -0.15) is 5.26 Å². The average Bonchev–Trinajstić information content (AvgIpc) is 3.49. The van der Waals surface area contributed by atoms with Crippen LogP contribution in [0.5, 0.6) is 0 Å². The quantitative estimate of drug-likeness (QED) is 0.419. The molecule has 2 aromatic heterocycles. The molecule has 0 N–H and O–H groups in total. The molecule has 0 aliphatic carbocycles. The molecule has 1 amide bonds. The van der Waals surface area contributed by atoms with Gasteiger partial charge in [0.1, 0.15) is 4.88 Å². The lowest BCUT2D eigenvalue weighted by atomic mass is 10.1. The Bertz CT molecular complexity index is 1270. The van der Waals surface area contributed by atoms with E-state index in [9.17, 15) is 4.79 Å². The van der Waals surface area contributed by atoms with Crippen molar-refractivity contribution < 1.29 is 9.21 Å². The van der Waals surface area contributed by atoms with Gasteiger partial charge in [-0.3, -0.25) is 4.79 Å². The Balaban J connectivity index is 1.40. The van der Waals surface area contributed by atoms with Gasteiger partial charge >= 0.3 is 0 Å². The third kappa shape index (κ3) is 4.38. The molecular weight excluding hydrogens is 432 g/mol. The van der Waals surface area contributed by atoms with Crippen molar-refractivity contribution in [3.63, 3.8) is 0 Å². The SMILES string of the molecule is N#Cc1ccc(N2CCCN(C(=O)c3sc(-c4ccco4)nc3-c3ccccc3)CC2)cc1. The number of furan rings is 1. The van der Waals surface area contributed by atoms with E-state index in [0.717, 1.165) is 30.8 Å². The molecule has 6 nitrogen and oxygen atoms in total. The van der Waals surface area contributed by atoms with Crippen molar-refractivity contribution in [1.82, 2.24) is 9.88 Å². The summed E-state index contributed by atoms with van der Waals surface area (Å²) in [5.74, 6) is 0.671. The number of rotatable bonds is 4. The Hall–Kier alpha value is -3.89. The molecule has 3 heterocycles. The monoisotopic (exact) mass is 454 g/mol. The number of carbonyl (C=O) groups is 1. The van der Waals surface area contributed by atoms with Crippen molar-refractivity contribution in [3.8, 4) is 28.1 Å². The van der Waals surface area contributed by atoms with Gasteiger partial charge in [0.2, 0.25) is 0 Å². The fourth-order valence-electron chi connectivity index (χ4n) is 4.03. The lowest BCUT2D eigenvalue weighted by Crippen LogP contribution is -2.35. The molecule has 1 aliphatic heterocycles. The maximum Gasteiger partial charge on any atom is 0.266 e. The third-order valence-electron chi connectivity index (χ3n) is 5.75. The molecule has 1 fully saturated rings. The zero-order chi connectivity index (χ0) is 22.6. The van der Waals surface area contributed by atoms with Gasteiger partial charge in [-0.25, -0.2) is 4.98 Å². The van der Waals surface area contributed by atoms with E-state index < -0.39 is 0 Å². The van der Waals surface area contributed by atoms with E-state index in [2.05, 4.69) is 11.0 Å². The lowest BCUT2D eigenvalue weighted by molar-refractivity contribution is 0.0772. The van der Waals surface area contributed by atoms with Crippen molar-refractivity contribution in [2.75, 3.05) is 31.1 Å². The summed E-state index contributed by atoms with van der Waals surface area (Å²) in [7, 11) is 0. The van der Waals surface area contributed by atoms with Crippen LogP contribution in [0.15, 0.2) is 77.4 Å². The van der Waals surface area contributed by atoms with E-state index in [0.29, 0.717) is 40.0 Å². The number of hydrogen-bond acceptors (Lipinski definition) is 6. The lowest BCUT2D eigenvalue weighted by Gasteiger charge is -2.23. The van der Waals surface area contributed by atoms with E-state index >= 15 is 0 Å². The highest BCUT2D eigenvalue weighted by atomic mass is 32.1. The van der Waals surface area contributed by atoms with Gasteiger partial charge in [-0.15, -0.1) is 11.3 Å². The molecule has 0 radical (unpaired) electrons. The maximum atomic E-state index is 13.7. The molecule has 0 bridgehead atoms. The van der Waals surface area contributed by atoms with Crippen molar-refractivity contribution in [1.29, 1.82) is 5.26 Å². The van der Waals surface area contributed by atoms with Gasteiger partial charge < -0.3 is 14.2 Å². The largest absolute Gasteiger partial charge is 0.462 e. The van der Waals surface area contributed by atoms with Crippen LogP contribution in [-0.2, 0) is 0 Å². The van der Waals surface area contributed by atoms with Crippen molar-refractivity contribution in [3.05, 3.63) is 83.4 Å². The molecule has 5 rings (SSSR count). The molecule has 7 heteroatoms. The van der Waals surface area contributed by atoms with E-state index in [1.54, 1.807) is 6.26 Å². The first-order valence-corrected chi connectivity index (χ1v) is 11.7. The van der Waals surface area contributed by atoms with Gasteiger partial charge in [-0.05, 0) is 42.8 Å². The number of nitriles is 1. The van der Waals surface area contributed by atoms with Gasteiger partial charge in [-0.1, -0.05) is 30.3 Å². The van der Waals surface area contributed by atoms with E-state index in [4.69, 9.17) is 14.7 Å². The van der Waals surface area contributed by atoms with Crippen LogP contribution in [0.2, 0.25) is 0 Å². The molecule has 2 aromatic carbocycles. The van der Waals surface area contributed by atoms with Crippen LogP contribution in [-0.4, -0.2) is 42.0 Å². The molecular formula is C26H22N4O2S. The Kier molecular flexibility index (Phi) is 5.92. The van der Waals surface area contributed by atoms with Crippen LogP contribution in [0.1, 0.15) is 21.7 Å². The number of thiazole rings is 1. The Labute approximate surface area is 196 Å². The maximum absolute atomic E-state index is 13.7. The second kappa shape index (κ2) is 9.31. The fourth-order valence-corrected chi connectivity index (χ4v) is 5.06. The van der Waals surface area contributed by atoms with Crippen molar-refractivity contribution >= 4 is 22.9 Å². The van der Waals surface area contributed by atoms with E-state index in [1.807, 2.05) is 71.6 Å². The predicted molar refractivity (Wildman–Crippen MR) is 129 cm³/mol. The van der Waals surface area contributed by atoms with Crippen molar-refractivity contribution in [2.45, 2.75) is 6.42 Å². The fraction of sp³-hybridized carbons (Fsp3) is 0.192. The number of aromatic nitrogens is 1. The molecule has 4 aromatic rings. The number of amides is 1. The second-order valence-corrected chi connectivity index (χ2v) is 8.83. The van der Waals surface area contributed by atoms with E-state index in [-0.39, 0.29) is 5.91 Å². The van der Waals surface area contributed by atoms with Gasteiger partial charge in [0, 0.05) is 37.4 Å². The summed E-state index contributed by atoms with van der Waals surface area (Å²) in [5.41, 5.74) is 3.34. The van der Waals surface area contributed by atoms with Gasteiger partial charge in [0.25, 0.3) is 5.91 Å².